The van der Waals surface area contributed by atoms with E-state index in [4.69, 9.17) is 14.6 Å². The maximum atomic E-state index is 11.9. The summed E-state index contributed by atoms with van der Waals surface area (Å²) in [5.74, 6) is -1.11. The molecule has 1 amide bonds. The van der Waals surface area contributed by atoms with Crippen LogP contribution in [0.4, 0.5) is 4.79 Å². The first-order chi connectivity index (χ1) is 10.2. The molecule has 22 heavy (non-hydrogen) atoms. The van der Waals surface area contributed by atoms with E-state index in [1.165, 1.54) is 7.11 Å². The Bertz CT molecular complexity index is 537. The normalized spacial score (nSPS) is 13.9. The summed E-state index contributed by atoms with van der Waals surface area (Å²) in [5.41, 5.74) is -0.408. The molecule has 7 heteroatoms. The number of hydrogen-bond donors (Lipinski definition) is 3. The highest BCUT2D eigenvalue weighted by molar-refractivity contribution is 5.76. The van der Waals surface area contributed by atoms with Crippen LogP contribution in [0.25, 0.3) is 0 Å². The van der Waals surface area contributed by atoms with E-state index in [2.05, 4.69) is 5.32 Å². The Labute approximate surface area is 128 Å². The Balaban J connectivity index is 3.09. The fourth-order valence-electron chi connectivity index (χ4n) is 1.83. The number of rotatable bonds is 5. The number of carboxylic acids is 1. The zero-order valence-electron chi connectivity index (χ0n) is 13.0. The van der Waals surface area contributed by atoms with Gasteiger partial charge in [0.2, 0.25) is 0 Å². The van der Waals surface area contributed by atoms with Gasteiger partial charge in [0.1, 0.15) is 11.4 Å². The van der Waals surface area contributed by atoms with Crippen LogP contribution in [0.1, 0.15) is 32.4 Å². The third kappa shape index (κ3) is 4.92. The molecular formula is C15H21NO6. The molecule has 3 N–H and O–H groups in total. The highest BCUT2D eigenvalue weighted by Gasteiger charge is 2.32. The van der Waals surface area contributed by atoms with Gasteiger partial charge in [-0.3, -0.25) is 0 Å². The lowest BCUT2D eigenvalue weighted by Gasteiger charge is -2.26. The Hall–Kier alpha value is -2.28. The maximum Gasteiger partial charge on any atom is 0.408 e. The predicted molar refractivity (Wildman–Crippen MR) is 78.7 cm³/mol. The van der Waals surface area contributed by atoms with Crippen molar-refractivity contribution in [2.45, 2.75) is 38.5 Å². The van der Waals surface area contributed by atoms with Gasteiger partial charge in [-0.15, -0.1) is 0 Å². The zero-order valence-corrected chi connectivity index (χ0v) is 13.0. The number of carboxylic acid groups (broad SMARTS) is 1. The lowest BCUT2D eigenvalue weighted by atomic mass is 10.0. The number of methoxy groups -OCH3 is 1. The molecule has 0 aliphatic rings. The molecule has 1 aromatic carbocycles. The van der Waals surface area contributed by atoms with Crippen LogP contribution >= 0.6 is 0 Å². The molecule has 0 unspecified atom stereocenters. The maximum absolute atomic E-state index is 11.9. The number of aliphatic carboxylic acids is 1. The fourth-order valence-corrected chi connectivity index (χ4v) is 1.83. The molecule has 0 aliphatic carbocycles. The van der Waals surface area contributed by atoms with Gasteiger partial charge in [-0.25, -0.2) is 9.59 Å². The predicted octanol–water partition coefficient (Wildman–Crippen LogP) is 1.71. The van der Waals surface area contributed by atoms with E-state index in [0.29, 0.717) is 11.3 Å². The minimum atomic E-state index is -1.84. The Morgan fingerprint density at radius 3 is 2.32 bits per heavy atom. The van der Waals surface area contributed by atoms with Crippen molar-refractivity contribution in [1.29, 1.82) is 0 Å². The van der Waals surface area contributed by atoms with Crippen LogP contribution in [0.15, 0.2) is 24.3 Å². The second-order valence-corrected chi connectivity index (χ2v) is 5.65. The Kier molecular flexibility index (Phi) is 5.76. The second kappa shape index (κ2) is 7.13. The van der Waals surface area contributed by atoms with Gasteiger partial charge >= 0.3 is 12.1 Å². The van der Waals surface area contributed by atoms with Crippen LogP contribution in [0, 0.1) is 0 Å². The van der Waals surface area contributed by atoms with Crippen molar-refractivity contribution < 1.29 is 29.3 Å². The minimum absolute atomic E-state index is 0.339. The van der Waals surface area contributed by atoms with E-state index in [9.17, 15) is 14.7 Å². The summed E-state index contributed by atoms with van der Waals surface area (Å²) >= 11 is 0. The molecule has 0 bridgehead atoms. The second-order valence-electron chi connectivity index (χ2n) is 5.65. The molecule has 1 rings (SSSR count). The highest BCUT2D eigenvalue weighted by atomic mass is 16.6. The summed E-state index contributed by atoms with van der Waals surface area (Å²) in [6, 6.07) is 5.31. The Morgan fingerprint density at radius 2 is 1.82 bits per heavy atom. The third-order valence-electron chi connectivity index (χ3n) is 2.71. The van der Waals surface area contributed by atoms with Gasteiger partial charge in [0.15, 0.2) is 6.10 Å². The number of amides is 1. The number of benzene rings is 1. The van der Waals surface area contributed by atoms with Crippen LogP contribution in [0.5, 0.6) is 5.75 Å². The number of aliphatic hydroxyl groups is 1. The molecule has 0 saturated carbocycles. The molecule has 0 heterocycles. The van der Waals surface area contributed by atoms with Crippen molar-refractivity contribution in [3.05, 3.63) is 29.8 Å². The van der Waals surface area contributed by atoms with E-state index in [-0.39, 0.29) is 0 Å². The lowest BCUT2D eigenvalue weighted by Crippen LogP contribution is -2.42. The van der Waals surface area contributed by atoms with Crippen molar-refractivity contribution >= 4 is 12.1 Å². The summed E-state index contributed by atoms with van der Waals surface area (Å²) in [5, 5.41) is 21.3. The zero-order chi connectivity index (χ0) is 16.9. The Morgan fingerprint density at radius 1 is 1.23 bits per heavy atom. The highest BCUT2D eigenvalue weighted by Crippen LogP contribution is 2.27. The van der Waals surface area contributed by atoms with Crippen molar-refractivity contribution in [1.82, 2.24) is 5.32 Å². The number of hydrogen-bond acceptors (Lipinski definition) is 5. The summed E-state index contributed by atoms with van der Waals surface area (Å²) < 4.78 is 10.2. The van der Waals surface area contributed by atoms with Crippen molar-refractivity contribution in [3.8, 4) is 5.75 Å². The van der Waals surface area contributed by atoms with Crippen molar-refractivity contribution in [2.24, 2.45) is 0 Å². The largest absolute Gasteiger partial charge is 0.496 e. The van der Waals surface area contributed by atoms with Crippen molar-refractivity contribution in [3.63, 3.8) is 0 Å². The molecule has 122 valence electrons. The average Bonchev–Trinajstić information content (AvgIpc) is 2.42. The van der Waals surface area contributed by atoms with Crippen LogP contribution < -0.4 is 10.1 Å². The summed E-state index contributed by atoms with van der Waals surface area (Å²) in [7, 11) is 1.41. The molecule has 0 aromatic heterocycles. The van der Waals surface area contributed by atoms with E-state index in [1.807, 2.05) is 0 Å². The molecule has 7 nitrogen and oxygen atoms in total. The lowest BCUT2D eigenvalue weighted by molar-refractivity contribution is -0.148. The van der Waals surface area contributed by atoms with E-state index < -0.39 is 29.8 Å². The van der Waals surface area contributed by atoms with Gasteiger partial charge in [-0.2, -0.15) is 0 Å². The van der Waals surface area contributed by atoms with Gasteiger partial charge in [0.05, 0.1) is 13.2 Å². The number of carbonyl (C=O) groups excluding carboxylic acids is 1. The number of nitrogens with one attached hydrogen (secondary N) is 1. The topological polar surface area (TPSA) is 105 Å². The van der Waals surface area contributed by atoms with Gasteiger partial charge in [-0.05, 0) is 26.8 Å². The quantitative estimate of drug-likeness (QED) is 0.764. The molecule has 0 radical (unpaired) electrons. The van der Waals surface area contributed by atoms with E-state index in [1.54, 1.807) is 45.0 Å². The van der Waals surface area contributed by atoms with Crippen LogP contribution in [-0.4, -0.2) is 41.1 Å². The first kappa shape index (κ1) is 17.8. The van der Waals surface area contributed by atoms with E-state index >= 15 is 0 Å². The minimum Gasteiger partial charge on any atom is -0.496 e. The smallest absolute Gasteiger partial charge is 0.408 e. The van der Waals surface area contributed by atoms with Crippen LogP contribution in [0.3, 0.4) is 0 Å². The van der Waals surface area contributed by atoms with Gasteiger partial charge < -0.3 is 25.0 Å². The van der Waals surface area contributed by atoms with Crippen molar-refractivity contribution in [2.75, 3.05) is 7.11 Å². The number of ether oxygens (including phenoxy) is 2. The number of para-hydroxylation sites is 1. The summed E-state index contributed by atoms with van der Waals surface area (Å²) in [4.78, 5) is 23.0. The monoisotopic (exact) mass is 311 g/mol. The first-order valence-corrected chi connectivity index (χ1v) is 6.69. The molecule has 1 aromatic rings. The van der Waals surface area contributed by atoms with Gasteiger partial charge in [0, 0.05) is 5.56 Å². The summed E-state index contributed by atoms with van der Waals surface area (Å²) in [6.45, 7) is 5.04. The summed E-state index contributed by atoms with van der Waals surface area (Å²) in [6.07, 6.45) is -2.67. The standard InChI is InChI=1S/C15H21NO6/c1-15(2,3)22-14(20)16-11(12(17)13(18)19)9-7-5-6-8-10(9)21-4/h5-8,11-12,17H,1-4H3,(H,16,20)(H,18,19)/t11-,12-/m0/s1. The molecule has 2 atom stereocenters. The molecule has 0 aliphatic heterocycles. The molecule has 0 spiro atoms. The van der Waals surface area contributed by atoms with Crippen LogP contribution in [-0.2, 0) is 9.53 Å². The average molecular weight is 311 g/mol. The van der Waals surface area contributed by atoms with Gasteiger partial charge in [0.25, 0.3) is 0 Å². The van der Waals surface area contributed by atoms with E-state index in [0.717, 1.165) is 0 Å². The fraction of sp³-hybridized carbons (Fsp3) is 0.467. The van der Waals surface area contributed by atoms with Gasteiger partial charge in [-0.1, -0.05) is 18.2 Å². The number of aliphatic hydroxyl groups excluding tert-OH is 1. The number of alkyl carbamates (subject to hydrolysis) is 1. The van der Waals surface area contributed by atoms with Crippen LogP contribution in [0.2, 0.25) is 0 Å². The molecular weight excluding hydrogens is 290 g/mol. The SMILES string of the molecule is COc1ccccc1[C@H](NC(=O)OC(C)(C)C)[C@H](O)C(=O)O. The first-order valence-electron chi connectivity index (χ1n) is 6.69. The third-order valence-corrected chi connectivity index (χ3v) is 2.71. The molecule has 0 fully saturated rings. The number of carbonyl (C=O) groups is 2. The molecule has 0 saturated heterocycles.